The Balaban J connectivity index is 2.39. The third-order valence-electron chi connectivity index (χ3n) is 4.01. The van der Waals surface area contributed by atoms with E-state index in [1.54, 1.807) is 0 Å². The van der Waals surface area contributed by atoms with Crippen molar-refractivity contribution in [2.45, 2.75) is 33.6 Å². The predicted molar refractivity (Wildman–Crippen MR) is 69.2 cm³/mol. The highest BCUT2D eigenvalue weighted by Gasteiger charge is 2.30. The van der Waals surface area contributed by atoms with Gasteiger partial charge in [-0.1, -0.05) is 13.0 Å². The normalized spacial score (nSPS) is 16.8. The lowest BCUT2D eigenvalue weighted by atomic mass is 9.94. The lowest BCUT2D eigenvalue weighted by Gasteiger charge is -2.13. The minimum absolute atomic E-state index is 0.417. The van der Waals surface area contributed by atoms with E-state index in [0.717, 1.165) is 17.1 Å². The highest BCUT2D eigenvalue weighted by molar-refractivity contribution is 5.74. The molecule has 0 spiro atoms. The summed E-state index contributed by atoms with van der Waals surface area (Å²) in [7, 11) is 0. The smallest absolute Gasteiger partial charge is 0.0933 e. The molecule has 0 saturated heterocycles. The molecule has 0 fully saturated rings. The van der Waals surface area contributed by atoms with Crippen LogP contribution in [0.3, 0.4) is 0 Å². The summed E-state index contributed by atoms with van der Waals surface area (Å²) in [6.45, 7) is 8.68. The highest BCUT2D eigenvalue weighted by Crippen LogP contribution is 2.44. The Hall–Kier alpha value is -1.70. The van der Waals surface area contributed by atoms with E-state index in [1.165, 1.54) is 22.3 Å². The first-order valence-electron chi connectivity index (χ1n) is 6.04. The average molecular weight is 224 g/mol. The van der Waals surface area contributed by atoms with Gasteiger partial charge in [-0.15, -0.1) is 0 Å². The molecule has 86 valence electrons. The molecule has 1 unspecified atom stereocenters. The van der Waals surface area contributed by atoms with Gasteiger partial charge in [0, 0.05) is 17.8 Å². The van der Waals surface area contributed by atoms with Crippen molar-refractivity contribution in [1.29, 1.82) is 0 Å². The topological polar surface area (TPSA) is 25.8 Å². The van der Waals surface area contributed by atoms with Crippen molar-refractivity contribution in [3.8, 4) is 11.4 Å². The van der Waals surface area contributed by atoms with Gasteiger partial charge in [-0.25, -0.2) is 0 Å². The Bertz CT molecular complexity index is 615. The molecule has 0 bridgehead atoms. The molecule has 0 radical (unpaired) electrons. The fourth-order valence-corrected chi connectivity index (χ4v) is 2.79. The SMILES string of the molecule is Cc1nc2c(c(C)c1C)C(C)c1cccnc1-2. The Morgan fingerprint density at radius 3 is 2.59 bits per heavy atom. The van der Waals surface area contributed by atoms with Crippen LogP contribution in [-0.4, -0.2) is 9.97 Å². The van der Waals surface area contributed by atoms with E-state index in [9.17, 15) is 0 Å². The van der Waals surface area contributed by atoms with Crippen molar-refractivity contribution in [1.82, 2.24) is 9.97 Å². The standard InChI is InChI=1S/C15H16N2/c1-8-9(2)13-10(3)12-6-5-7-16-14(12)15(13)17-11(8)4/h5-7,10H,1-4H3. The maximum absolute atomic E-state index is 4.74. The van der Waals surface area contributed by atoms with Crippen molar-refractivity contribution < 1.29 is 0 Å². The van der Waals surface area contributed by atoms with E-state index in [0.29, 0.717) is 5.92 Å². The molecule has 2 aromatic rings. The summed E-state index contributed by atoms with van der Waals surface area (Å²) < 4.78 is 0. The average Bonchev–Trinajstić information content (AvgIpc) is 2.61. The van der Waals surface area contributed by atoms with E-state index >= 15 is 0 Å². The third kappa shape index (κ3) is 1.27. The zero-order chi connectivity index (χ0) is 12.2. The Morgan fingerprint density at radius 1 is 1.06 bits per heavy atom. The van der Waals surface area contributed by atoms with Crippen LogP contribution in [0.4, 0.5) is 0 Å². The van der Waals surface area contributed by atoms with Gasteiger partial charge >= 0.3 is 0 Å². The van der Waals surface area contributed by atoms with Crippen molar-refractivity contribution in [3.63, 3.8) is 0 Å². The number of aryl methyl sites for hydroxylation is 1. The van der Waals surface area contributed by atoms with Crippen LogP contribution in [0.25, 0.3) is 11.4 Å². The molecule has 3 rings (SSSR count). The van der Waals surface area contributed by atoms with Crippen LogP contribution in [0, 0.1) is 20.8 Å². The van der Waals surface area contributed by atoms with Crippen LogP contribution in [0.5, 0.6) is 0 Å². The molecular weight excluding hydrogens is 208 g/mol. The van der Waals surface area contributed by atoms with Crippen LogP contribution < -0.4 is 0 Å². The van der Waals surface area contributed by atoms with Crippen LogP contribution >= 0.6 is 0 Å². The molecule has 0 saturated carbocycles. The molecule has 0 amide bonds. The van der Waals surface area contributed by atoms with E-state index in [-0.39, 0.29) is 0 Å². The summed E-state index contributed by atoms with van der Waals surface area (Å²) in [5, 5.41) is 0. The van der Waals surface area contributed by atoms with Crippen molar-refractivity contribution in [3.05, 3.63) is 46.3 Å². The van der Waals surface area contributed by atoms with E-state index in [1.807, 2.05) is 12.3 Å². The second kappa shape index (κ2) is 3.39. The first kappa shape index (κ1) is 10.5. The molecule has 1 atom stereocenters. The minimum Gasteiger partial charge on any atom is -0.254 e. The second-order valence-electron chi connectivity index (χ2n) is 4.87. The largest absolute Gasteiger partial charge is 0.254 e. The summed E-state index contributed by atoms with van der Waals surface area (Å²) in [5.41, 5.74) is 8.63. The monoisotopic (exact) mass is 224 g/mol. The van der Waals surface area contributed by atoms with E-state index in [2.05, 4.69) is 38.7 Å². The van der Waals surface area contributed by atoms with Gasteiger partial charge in [0.1, 0.15) is 0 Å². The lowest BCUT2D eigenvalue weighted by molar-refractivity contribution is 0.926. The van der Waals surface area contributed by atoms with E-state index < -0.39 is 0 Å². The van der Waals surface area contributed by atoms with Gasteiger partial charge in [-0.2, -0.15) is 0 Å². The molecule has 0 aromatic carbocycles. The number of aromatic nitrogens is 2. The predicted octanol–water partition coefficient (Wildman–Crippen LogP) is 3.53. The summed E-state index contributed by atoms with van der Waals surface area (Å²) >= 11 is 0. The zero-order valence-electron chi connectivity index (χ0n) is 10.7. The number of pyridine rings is 2. The Morgan fingerprint density at radius 2 is 1.82 bits per heavy atom. The maximum Gasteiger partial charge on any atom is 0.0933 e. The van der Waals surface area contributed by atoms with Crippen molar-refractivity contribution in [2.24, 2.45) is 0 Å². The molecule has 1 aliphatic rings. The summed E-state index contributed by atoms with van der Waals surface area (Å²) in [6, 6.07) is 4.18. The highest BCUT2D eigenvalue weighted by atomic mass is 14.8. The molecule has 2 heterocycles. The number of hydrogen-bond donors (Lipinski definition) is 0. The van der Waals surface area contributed by atoms with E-state index in [4.69, 9.17) is 4.98 Å². The fraction of sp³-hybridized carbons (Fsp3) is 0.333. The molecular formula is C15H16N2. The quantitative estimate of drug-likeness (QED) is 0.684. The van der Waals surface area contributed by atoms with Crippen LogP contribution in [0.1, 0.15) is 40.8 Å². The fourth-order valence-electron chi connectivity index (χ4n) is 2.79. The minimum atomic E-state index is 0.417. The zero-order valence-corrected chi connectivity index (χ0v) is 10.7. The molecule has 2 aromatic heterocycles. The number of hydrogen-bond acceptors (Lipinski definition) is 2. The van der Waals surface area contributed by atoms with Crippen LogP contribution in [-0.2, 0) is 0 Å². The van der Waals surface area contributed by atoms with Gasteiger partial charge in [0.05, 0.1) is 11.4 Å². The van der Waals surface area contributed by atoms with Crippen LogP contribution in [0.2, 0.25) is 0 Å². The van der Waals surface area contributed by atoms with Gasteiger partial charge in [0.15, 0.2) is 0 Å². The van der Waals surface area contributed by atoms with Gasteiger partial charge in [0.25, 0.3) is 0 Å². The first-order valence-corrected chi connectivity index (χ1v) is 6.04. The van der Waals surface area contributed by atoms with Gasteiger partial charge in [-0.3, -0.25) is 9.97 Å². The Kier molecular flexibility index (Phi) is 2.09. The molecule has 1 aliphatic carbocycles. The third-order valence-corrected chi connectivity index (χ3v) is 4.01. The molecule has 0 N–H and O–H groups in total. The van der Waals surface area contributed by atoms with Crippen molar-refractivity contribution >= 4 is 0 Å². The lowest BCUT2D eigenvalue weighted by Crippen LogP contribution is -2.00. The number of nitrogens with zero attached hydrogens (tertiary/aromatic N) is 2. The van der Waals surface area contributed by atoms with Gasteiger partial charge in [-0.05, 0) is 49.1 Å². The Labute approximate surface area is 102 Å². The molecule has 0 aliphatic heterocycles. The maximum atomic E-state index is 4.74. The first-order chi connectivity index (χ1) is 8.11. The number of fused-ring (bicyclic) bond motifs is 3. The van der Waals surface area contributed by atoms with Crippen LogP contribution in [0.15, 0.2) is 18.3 Å². The second-order valence-corrected chi connectivity index (χ2v) is 4.87. The summed E-state index contributed by atoms with van der Waals surface area (Å²) in [5.74, 6) is 0.417. The van der Waals surface area contributed by atoms with Crippen molar-refractivity contribution in [2.75, 3.05) is 0 Å². The number of rotatable bonds is 0. The molecule has 2 heteroatoms. The summed E-state index contributed by atoms with van der Waals surface area (Å²) in [4.78, 5) is 9.24. The van der Waals surface area contributed by atoms with Gasteiger partial charge < -0.3 is 0 Å². The molecule has 2 nitrogen and oxygen atoms in total. The molecule has 17 heavy (non-hydrogen) atoms. The van der Waals surface area contributed by atoms with Gasteiger partial charge in [0.2, 0.25) is 0 Å². The summed E-state index contributed by atoms with van der Waals surface area (Å²) in [6.07, 6.45) is 1.85.